The lowest BCUT2D eigenvalue weighted by molar-refractivity contribution is 0.316. The molecular weight excluding hydrogens is 280 g/mol. The molecule has 1 heterocycles. The number of benzene rings is 1. The topological polar surface area (TPSA) is 34.1 Å². The van der Waals surface area contributed by atoms with Crippen LogP contribution < -0.4 is 10.1 Å². The van der Waals surface area contributed by atoms with Crippen LogP contribution in [0.1, 0.15) is 42.4 Å². The SMILES string of the molecule is CCCNC(C)c1ccccc1OCCc1scnc1C. The van der Waals surface area contributed by atoms with Crippen molar-refractivity contribution in [1.82, 2.24) is 10.3 Å². The lowest BCUT2D eigenvalue weighted by Gasteiger charge is -2.18. The highest BCUT2D eigenvalue weighted by Crippen LogP contribution is 2.25. The molecule has 0 amide bonds. The predicted octanol–water partition coefficient (Wildman–Crippen LogP) is 4.13. The molecule has 114 valence electrons. The molecule has 0 aliphatic heterocycles. The second-order valence-electron chi connectivity index (χ2n) is 5.17. The summed E-state index contributed by atoms with van der Waals surface area (Å²) in [5.41, 5.74) is 4.25. The van der Waals surface area contributed by atoms with Crippen molar-refractivity contribution in [2.75, 3.05) is 13.2 Å². The zero-order valence-electron chi connectivity index (χ0n) is 13.1. The van der Waals surface area contributed by atoms with Gasteiger partial charge in [-0.2, -0.15) is 0 Å². The molecule has 0 saturated heterocycles. The van der Waals surface area contributed by atoms with Crippen LogP contribution in [0.4, 0.5) is 0 Å². The van der Waals surface area contributed by atoms with E-state index in [9.17, 15) is 0 Å². The minimum absolute atomic E-state index is 0.311. The van der Waals surface area contributed by atoms with Crippen LogP contribution in [-0.4, -0.2) is 18.1 Å². The van der Waals surface area contributed by atoms with E-state index in [0.717, 1.165) is 30.8 Å². The van der Waals surface area contributed by atoms with Crippen molar-refractivity contribution >= 4 is 11.3 Å². The van der Waals surface area contributed by atoms with Crippen molar-refractivity contribution in [2.45, 2.75) is 39.7 Å². The largest absolute Gasteiger partial charge is 0.493 e. The number of nitrogens with zero attached hydrogens (tertiary/aromatic N) is 1. The van der Waals surface area contributed by atoms with E-state index in [0.29, 0.717) is 12.6 Å². The molecule has 3 nitrogen and oxygen atoms in total. The van der Waals surface area contributed by atoms with Crippen molar-refractivity contribution in [3.63, 3.8) is 0 Å². The van der Waals surface area contributed by atoms with Crippen molar-refractivity contribution in [3.05, 3.63) is 45.9 Å². The lowest BCUT2D eigenvalue weighted by atomic mass is 10.1. The fourth-order valence-corrected chi connectivity index (χ4v) is 3.02. The van der Waals surface area contributed by atoms with E-state index in [-0.39, 0.29) is 0 Å². The molecule has 4 heteroatoms. The highest BCUT2D eigenvalue weighted by atomic mass is 32.1. The van der Waals surface area contributed by atoms with Crippen LogP contribution in [-0.2, 0) is 6.42 Å². The van der Waals surface area contributed by atoms with Gasteiger partial charge in [0.05, 0.1) is 17.8 Å². The molecule has 1 aromatic carbocycles. The van der Waals surface area contributed by atoms with Gasteiger partial charge in [0.25, 0.3) is 0 Å². The number of para-hydroxylation sites is 1. The Bertz CT molecular complexity index is 553. The smallest absolute Gasteiger partial charge is 0.124 e. The van der Waals surface area contributed by atoms with E-state index in [2.05, 4.69) is 49.3 Å². The zero-order valence-corrected chi connectivity index (χ0v) is 13.9. The van der Waals surface area contributed by atoms with E-state index >= 15 is 0 Å². The molecular formula is C17H24N2OS. The molecule has 1 atom stereocenters. The summed E-state index contributed by atoms with van der Waals surface area (Å²) in [6.07, 6.45) is 2.06. The first-order chi connectivity index (χ1) is 10.2. The minimum Gasteiger partial charge on any atom is -0.493 e. The Morgan fingerprint density at radius 2 is 2.14 bits per heavy atom. The van der Waals surface area contributed by atoms with Gasteiger partial charge in [-0.1, -0.05) is 25.1 Å². The molecule has 0 bridgehead atoms. The number of aryl methyl sites for hydroxylation is 1. The summed E-state index contributed by atoms with van der Waals surface area (Å²) in [5, 5.41) is 3.51. The van der Waals surface area contributed by atoms with Gasteiger partial charge in [-0.25, -0.2) is 4.98 Å². The molecule has 1 N–H and O–H groups in total. The molecule has 0 aliphatic carbocycles. The van der Waals surface area contributed by atoms with E-state index in [4.69, 9.17) is 4.74 Å². The summed E-state index contributed by atoms with van der Waals surface area (Å²) >= 11 is 1.70. The van der Waals surface area contributed by atoms with Crippen molar-refractivity contribution in [1.29, 1.82) is 0 Å². The predicted molar refractivity (Wildman–Crippen MR) is 89.2 cm³/mol. The standard InChI is InChI=1S/C17H24N2OS/c1-4-10-18-13(2)15-7-5-6-8-16(15)20-11-9-17-14(3)19-12-21-17/h5-8,12-13,18H,4,9-11H2,1-3H3. The number of thiazole rings is 1. The lowest BCUT2D eigenvalue weighted by Crippen LogP contribution is -2.20. The fraction of sp³-hybridized carbons (Fsp3) is 0.471. The minimum atomic E-state index is 0.311. The highest BCUT2D eigenvalue weighted by molar-refractivity contribution is 7.09. The Kier molecular flexibility index (Phi) is 6.21. The van der Waals surface area contributed by atoms with Gasteiger partial charge in [0.2, 0.25) is 0 Å². The molecule has 0 aliphatic rings. The first-order valence-electron chi connectivity index (χ1n) is 7.56. The Hall–Kier alpha value is -1.39. The molecule has 1 aromatic heterocycles. The third-order valence-electron chi connectivity index (χ3n) is 3.52. The maximum Gasteiger partial charge on any atom is 0.124 e. The Morgan fingerprint density at radius 3 is 2.86 bits per heavy atom. The van der Waals surface area contributed by atoms with Gasteiger partial charge in [0, 0.05) is 22.9 Å². The van der Waals surface area contributed by atoms with Gasteiger partial charge >= 0.3 is 0 Å². The number of nitrogens with one attached hydrogen (secondary N) is 1. The molecule has 0 radical (unpaired) electrons. The Labute approximate surface area is 131 Å². The van der Waals surface area contributed by atoms with Crippen molar-refractivity contribution in [3.8, 4) is 5.75 Å². The zero-order chi connectivity index (χ0) is 15.1. The fourth-order valence-electron chi connectivity index (χ4n) is 2.26. The number of aromatic nitrogens is 1. The maximum absolute atomic E-state index is 6.01. The van der Waals surface area contributed by atoms with Gasteiger partial charge in [-0.05, 0) is 32.9 Å². The molecule has 2 rings (SSSR count). The molecule has 2 aromatic rings. The number of rotatable bonds is 8. The first-order valence-corrected chi connectivity index (χ1v) is 8.44. The molecule has 21 heavy (non-hydrogen) atoms. The van der Waals surface area contributed by atoms with E-state index in [1.165, 1.54) is 10.4 Å². The first kappa shape index (κ1) is 16.0. The molecule has 0 fully saturated rings. The maximum atomic E-state index is 6.01. The highest BCUT2D eigenvalue weighted by Gasteiger charge is 2.10. The second kappa shape index (κ2) is 8.15. The van der Waals surface area contributed by atoms with Crippen LogP contribution in [0.5, 0.6) is 5.75 Å². The Balaban J connectivity index is 1.95. The number of hydrogen-bond acceptors (Lipinski definition) is 4. The summed E-state index contributed by atoms with van der Waals surface area (Å²) < 4.78 is 6.01. The van der Waals surface area contributed by atoms with Crippen molar-refractivity contribution in [2.24, 2.45) is 0 Å². The monoisotopic (exact) mass is 304 g/mol. The quantitative estimate of drug-likeness (QED) is 0.796. The summed E-state index contributed by atoms with van der Waals surface area (Å²) in [6.45, 7) is 8.14. The van der Waals surface area contributed by atoms with Gasteiger partial charge in [-0.3, -0.25) is 0 Å². The Morgan fingerprint density at radius 1 is 1.33 bits per heavy atom. The normalized spacial score (nSPS) is 12.3. The average Bonchev–Trinajstić information content (AvgIpc) is 2.91. The van der Waals surface area contributed by atoms with Gasteiger partial charge in [0.15, 0.2) is 0 Å². The molecule has 0 saturated carbocycles. The van der Waals surface area contributed by atoms with Crippen LogP contribution in [0, 0.1) is 6.92 Å². The van der Waals surface area contributed by atoms with E-state index in [1.54, 1.807) is 11.3 Å². The summed E-state index contributed by atoms with van der Waals surface area (Å²) in [7, 11) is 0. The van der Waals surface area contributed by atoms with E-state index in [1.807, 2.05) is 11.6 Å². The third-order valence-corrected chi connectivity index (χ3v) is 4.51. The summed E-state index contributed by atoms with van der Waals surface area (Å²) in [5.74, 6) is 0.982. The second-order valence-corrected chi connectivity index (χ2v) is 6.11. The van der Waals surface area contributed by atoms with Gasteiger partial charge < -0.3 is 10.1 Å². The van der Waals surface area contributed by atoms with Crippen LogP contribution in [0.2, 0.25) is 0 Å². The average molecular weight is 304 g/mol. The molecule has 1 unspecified atom stereocenters. The molecule has 0 spiro atoms. The van der Waals surface area contributed by atoms with Crippen molar-refractivity contribution < 1.29 is 4.74 Å². The number of ether oxygens (including phenoxy) is 1. The van der Waals surface area contributed by atoms with Crippen LogP contribution in [0.3, 0.4) is 0 Å². The van der Waals surface area contributed by atoms with Crippen LogP contribution in [0.25, 0.3) is 0 Å². The van der Waals surface area contributed by atoms with E-state index < -0.39 is 0 Å². The van der Waals surface area contributed by atoms with Gasteiger partial charge in [-0.15, -0.1) is 11.3 Å². The van der Waals surface area contributed by atoms with Crippen LogP contribution in [0.15, 0.2) is 29.8 Å². The summed E-state index contributed by atoms with van der Waals surface area (Å²) in [4.78, 5) is 5.58. The van der Waals surface area contributed by atoms with Crippen LogP contribution >= 0.6 is 11.3 Å². The summed E-state index contributed by atoms with van der Waals surface area (Å²) in [6, 6.07) is 8.61. The number of hydrogen-bond donors (Lipinski definition) is 1. The van der Waals surface area contributed by atoms with Gasteiger partial charge in [0.1, 0.15) is 5.75 Å². The third kappa shape index (κ3) is 4.55.